The van der Waals surface area contributed by atoms with Gasteiger partial charge in [0.1, 0.15) is 7.05 Å². The molecule has 1 aliphatic carbocycles. The summed E-state index contributed by atoms with van der Waals surface area (Å²) in [5.74, 6) is 1.33. The first kappa shape index (κ1) is 18.0. The van der Waals surface area contributed by atoms with Gasteiger partial charge in [-0.15, -0.1) is 0 Å². The SMILES string of the molecule is Cc1c[n+](C)c(-c2cc3c(cc2C)C(C)CCC3C)cc1-c1ccccc1. The van der Waals surface area contributed by atoms with Crippen molar-refractivity contribution < 1.29 is 4.57 Å². The van der Waals surface area contributed by atoms with Gasteiger partial charge >= 0.3 is 0 Å². The lowest BCUT2D eigenvalue weighted by atomic mass is 9.76. The lowest BCUT2D eigenvalue weighted by molar-refractivity contribution is -0.660. The van der Waals surface area contributed by atoms with Crippen LogP contribution in [0.2, 0.25) is 0 Å². The van der Waals surface area contributed by atoms with Crippen molar-refractivity contribution >= 4 is 0 Å². The van der Waals surface area contributed by atoms with Crippen molar-refractivity contribution in [3.8, 4) is 22.4 Å². The standard InChI is InChI=1S/C26H30N/c1-17-11-12-18(2)24-14-25(19(3)13-23(17)24)26-15-22(20(4)16-27(26)5)21-9-7-6-8-10-21/h6-10,13-18H,11-12H2,1-5H3/q+1. The monoisotopic (exact) mass is 356 g/mol. The van der Waals surface area contributed by atoms with Crippen LogP contribution in [-0.4, -0.2) is 0 Å². The third-order valence-corrected chi connectivity index (χ3v) is 6.36. The van der Waals surface area contributed by atoms with E-state index in [9.17, 15) is 0 Å². The maximum Gasteiger partial charge on any atom is 0.213 e. The van der Waals surface area contributed by atoms with E-state index in [0.717, 1.165) is 0 Å². The zero-order valence-electron chi connectivity index (χ0n) is 17.2. The van der Waals surface area contributed by atoms with Crippen molar-refractivity contribution in [1.82, 2.24) is 0 Å². The zero-order valence-corrected chi connectivity index (χ0v) is 17.2. The van der Waals surface area contributed by atoms with Crippen LogP contribution in [-0.2, 0) is 7.05 Å². The molecule has 0 radical (unpaired) electrons. The summed E-state index contributed by atoms with van der Waals surface area (Å²) < 4.78 is 2.29. The van der Waals surface area contributed by atoms with E-state index in [-0.39, 0.29) is 0 Å². The first-order valence-corrected chi connectivity index (χ1v) is 10.2. The number of pyridine rings is 1. The van der Waals surface area contributed by atoms with Crippen molar-refractivity contribution in [2.45, 2.75) is 52.4 Å². The average Bonchev–Trinajstić information content (AvgIpc) is 2.66. The Morgan fingerprint density at radius 2 is 1.41 bits per heavy atom. The molecule has 0 saturated carbocycles. The number of hydrogen-bond acceptors (Lipinski definition) is 0. The second kappa shape index (κ2) is 6.96. The number of nitrogens with zero attached hydrogens (tertiary/aromatic N) is 1. The molecule has 1 nitrogen and oxygen atoms in total. The van der Waals surface area contributed by atoms with Crippen molar-refractivity contribution in [2.24, 2.45) is 7.05 Å². The van der Waals surface area contributed by atoms with Gasteiger partial charge in [-0.2, -0.15) is 0 Å². The fourth-order valence-corrected chi connectivity index (χ4v) is 4.67. The van der Waals surface area contributed by atoms with Gasteiger partial charge < -0.3 is 0 Å². The molecule has 0 amide bonds. The summed E-state index contributed by atoms with van der Waals surface area (Å²) >= 11 is 0. The third-order valence-electron chi connectivity index (χ3n) is 6.36. The van der Waals surface area contributed by atoms with Crippen molar-refractivity contribution in [1.29, 1.82) is 0 Å². The van der Waals surface area contributed by atoms with Crippen molar-refractivity contribution in [3.63, 3.8) is 0 Å². The molecule has 4 rings (SSSR count). The van der Waals surface area contributed by atoms with Crippen LogP contribution in [0, 0.1) is 13.8 Å². The highest BCUT2D eigenvalue weighted by Gasteiger charge is 2.25. The minimum Gasteiger partial charge on any atom is -0.201 e. The van der Waals surface area contributed by atoms with Crippen molar-refractivity contribution in [3.05, 3.63) is 77.0 Å². The molecule has 0 fully saturated rings. The van der Waals surface area contributed by atoms with Gasteiger partial charge in [-0.25, -0.2) is 4.57 Å². The van der Waals surface area contributed by atoms with Gasteiger partial charge in [0, 0.05) is 17.2 Å². The number of aryl methyl sites for hydroxylation is 3. The predicted octanol–water partition coefficient (Wildman–Crippen LogP) is 6.46. The summed E-state index contributed by atoms with van der Waals surface area (Å²) in [6.45, 7) is 9.23. The predicted molar refractivity (Wildman–Crippen MR) is 114 cm³/mol. The molecule has 1 heteroatoms. The summed E-state index contributed by atoms with van der Waals surface area (Å²) in [6, 6.07) is 18.0. The van der Waals surface area contributed by atoms with Gasteiger partial charge in [-0.3, -0.25) is 0 Å². The summed E-state index contributed by atoms with van der Waals surface area (Å²) in [5, 5.41) is 0. The van der Waals surface area contributed by atoms with Crippen LogP contribution in [0.15, 0.2) is 54.7 Å². The lowest BCUT2D eigenvalue weighted by Gasteiger charge is -2.28. The minimum absolute atomic E-state index is 0.653. The van der Waals surface area contributed by atoms with Gasteiger partial charge in [0.2, 0.25) is 5.69 Å². The lowest BCUT2D eigenvalue weighted by Crippen LogP contribution is -2.31. The molecule has 0 spiro atoms. The minimum atomic E-state index is 0.653. The Labute approximate surface area is 163 Å². The Morgan fingerprint density at radius 3 is 2.07 bits per heavy atom. The van der Waals surface area contributed by atoms with Crippen LogP contribution in [0.4, 0.5) is 0 Å². The van der Waals surface area contributed by atoms with Crippen LogP contribution in [0.3, 0.4) is 0 Å². The number of rotatable bonds is 2. The average molecular weight is 357 g/mol. The largest absolute Gasteiger partial charge is 0.213 e. The molecular formula is C26H30N+. The van der Waals surface area contributed by atoms with Gasteiger partial charge in [0.15, 0.2) is 6.20 Å². The molecule has 1 aromatic heterocycles. The molecule has 0 bridgehead atoms. The van der Waals surface area contributed by atoms with Crippen molar-refractivity contribution in [2.75, 3.05) is 0 Å². The third kappa shape index (κ3) is 3.20. The molecule has 1 aliphatic rings. The van der Waals surface area contributed by atoms with Gasteiger partial charge in [0.05, 0.1) is 0 Å². The molecule has 2 atom stereocenters. The van der Waals surface area contributed by atoms with Gasteiger partial charge in [-0.05, 0) is 72.4 Å². The van der Waals surface area contributed by atoms with Crippen LogP contribution < -0.4 is 4.57 Å². The van der Waals surface area contributed by atoms with Gasteiger partial charge in [0.25, 0.3) is 0 Å². The topological polar surface area (TPSA) is 3.88 Å². The zero-order chi connectivity index (χ0) is 19.1. The summed E-state index contributed by atoms with van der Waals surface area (Å²) in [7, 11) is 2.17. The van der Waals surface area contributed by atoms with Crippen LogP contribution in [0.5, 0.6) is 0 Å². The Bertz CT molecular complexity index is 985. The van der Waals surface area contributed by atoms with E-state index < -0.39 is 0 Å². The Balaban J connectivity index is 1.90. The second-order valence-electron chi connectivity index (χ2n) is 8.41. The highest BCUT2D eigenvalue weighted by atomic mass is 14.9. The van der Waals surface area contributed by atoms with Crippen LogP contribution in [0.25, 0.3) is 22.4 Å². The molecular weight excluding hydrogens is 326 g/mol. The van der Waals surface area contributed by atoms with E-state index in [0.29, 0.717) is 11.8 Å². The summed E-state index contributed by atoms with van der Waals surface area (Å²) in [4.78, 5) is 0. The summed E-state index contributed by atoms with van der Waals surface area (Å²) in [6.07, 6.45) is 4.87. The Hall–Kier alpha value is -2.41. The smallest absolute Gasteiger partial charge is 0.201 e. The molecule has 2 unspecified atom stereocenters. The maximum absolute atomic E-state index is 2.48. The Morgan fingerprint density at radius 1 is 0.778 bits per heavy atom. The van der Waals surface area contributed by atoms with E-state index >= 15 is 0 Å². The quantitative estimate of drug-likeness (QED) is 0.464. The van der Waals surface area contributed by atoms with E-state index in [1.807, 2.05) is 0 Å². The molecule has 2 aromatic carbocycles. The first-order chi connectivity index (χ1) is 13.0. The molecule has 27 heavy (non-hydrogen) atoms. The molecule has 0 aliphatic heterocycles. The van der Waals surface area contributed by atoms with Crippen LogP contribution in [0.1, 0.15) is 60.8 Å². The van der Waals surface area contributed by atoms with E-state index in [4.69, 9.17) is 0 Å². The van der Waals surface area contributed by atoms with E-state index in [1.165, 1.54) is 46.4 Å². The maximum atomic E-state index is 2.48. The van der Waals surface area contributed by atoms with E-state index in [2.05, 4.69) is 94.0 Å². The summed E-state index contributed by atoms with van der Waals surface area (Å²) in [5.41, 5.74) is 11.1. The number of hydrogen-bond donors (Lipinski definition) is 0. The second-order valence-corrected chi connectivity index (χ2v) is 8.41. The number of benzene rings is 2. The molecule has 0 N–H and O–H groups in total. The molecule has 0 saturated heterocycles. The Kier molecular flexibility index (Phi) is 4.63. The number of aromatic nitrogens is 1. The highest BCUT2D eigenvalue weighted by Crippen LogP contribution is 2.41. The first-order valence-electron chi connectivity index (χ1n) is 10.2. The molecule has 3 aromatic rings. The van der Waals surface area contributed by atoms with Gasteiger partial charge in [-0.1, -0.05) is 50.2 Å². The molecule has 1 heterocycles. The van der Waals surface area contributed by atoms with Crippen LogP contribution >= 0.6 is 0 Å². The normalized spacial score (nSPS) is 19.0. The number of fused-ring (bicyclic) bond motifs is 1. The molecule has 138 valence electrons. The highest BCUT2D eigenvalue weighted by molar-refractivity contribution is 5.73. The van der Waals surface area contributed by atoms with E-state index in [1.54, 1.807) is 11.1 Å². The fraction of sp³-hybridized carbons (Fsp3) is 0.346. The fourth-order valence-electron chi connectivity index (χ4n) is 4.67.